The van der Waals surface area contributed by atoms with Crippen LogP contribution in [0.3, 0.4) is 0 Å². The molecule has 7 nitrogen and oxygen atoms in total. The minimum atomic E-state index is -0.547. The van der Waals surface area contributed by atoms with Gasteiger partial charge in [-0.25, -0.2) is 9.78 Å². The average Bonchev–Trinajstić information content (AvgIpc) is 2.58. The molecule has 2 N–H and O–H groups in total. The smallest absolute Gasteiger partial charge is 0.329 e. The van der Waals surface area contributed by atoms with Gasteiger partial charge in [0, 0.05) is 7.05 Å². The monoisotopic (exact) mass is 196 g/mol. The van der Waals surface area contributed by atoms with Crippen LogP contribution in [0.15, 0.2) is 15.9 Å². The quantitative estimate of drug-likeness (QED) is 0.572. The van der Waals surface area contributed by atoms with Crippen LogP contribution in [0.2, 0.25) is 0 Å². The van der Waals surface area contributed by atoms with Gasteiger partial charge < -0.3 is 9.67 Å². The summed E-state index contributed by atoms with van der Waals surface area (Å²) >= 11 is 0. The number of aliphatic hydroxyl groups is 1. The number of aromatic amines is 1. The van der Waals surface area contributed by atoms with E-state index in [0.29, 0.717) is 0 Å². The molecular formula is C7H8N4O3. The maximum absolute atomic E-state index is 11.4. The summed E-state index contributed by atoms with van der Waals surface area (Å²) in [6.07, 6.45) is 1.30. The minimum absolute atomic E-state index is 0.189. The second-order valence-corrected chi connectivity index (χ2v) is 2.85. The zero-order chi connectivity index (χ0) is 10.3. The van der Waals surface area contributed by atoms with Gasteiger partial charge in [-0.15, -0.1) is 0 Å². The highest BCUT2D eigenvalue weighted by molar-refractivity contribution is 5.69. The van der Waals surface area contributed by atoms with Gasteiger partial charge in [-0.3, -0.25) is 14.3 Å². The number of nitrogens with zero attached hydrogens (tertiary/aromatic N) is 3. The van der Waals surface area contributed by atoms with Crippen LogP contribution in [0.5, 0.6) is 0 Å². The van der Waals surface area contributed by atoms with E-state index >= 15 is 0 Å². The first-order chi connectivity index (χ1) is 6.65. The Kier molecular flexibility index (Phi) is 1.74. The fourth-order valence-corrected chi connectivity index (χ4v) is 1.29. The van der Waals surface area contributed by atoms with Crippen molar-refractivity contribution < 1.29 is 5.11 Å². The second kappa shape index (κ2) is 2.81. The first kappa shape index (κ1) is 8.70. The predicted octanol–water partition coefficient (Wildman–Crippen LogP) is -1.63. The van der Waals surface area contributed by atoms with Crippen molar-refractivity contribution in [3.63, 3.8) is 0 Å². The average molecular weight is 196 g/mol. The summed E-state index contributed by atoms with van der Waals surface area (Å²) in [6, 6.07) is 0. The van der Waals surface area contributed by atoms with E-state index in [9.17, 15) is 9.59 Å². The summed E-state index contributed by atoms with van der Waals surface area (Å²) < 4.78 is 2.47. The molecule has 0 aliphatic carbocycles. The molecule has 0 saturated heterocycles. The fraction of sp³-hybridized carbons (Fsp3) is 0.286. The summed E-state index contributed by atoms with van der Waals surface area (Å²) in [5.41, 5.74) is -0.622. The number of nitrogens with one attached hydrogen (secondary N) is 1. The van der Waals surface area contributed by atoms with Crippen molar-refractivity contribution in [3.8, 4) is 0 Å². The van der Waals surface area contributed by atoms with Crippen LogP contribution in [0.1, 0.15) is 0 Å². The number of H-pyrrole nitrogens is 1. The molecule has 2 heterocycles. The number of aliphatic hydroxyl groups excluding tert-OH is 1. The van der Waals surface area contributed by atoms with E-state index < -0.39 is 11.2 Å². The van der Waals surface area contributed by atoms with Gasteiger partial charge in [0.2, 0.25) is 0 Å². The van der Waals surface area contributed by atoms with Gasteiger partial charge in [0.15, 0.2) is 11.2 Å². The second-order valence-electron chi connectivity index (χ2n) is 2.85. The molecule has 0 fully saturated rings. The number of hydrogen-bond acceptors (Lipinski definition) is 4. The van der Waals surface area contributed by atoms with Crippen molar-refractivity contribution in [2.24, 2.45) is 7.05 Å². The summed E-state index contributed by atoms with van der Waals surface area (Å²) in [7, 11) is 1.50. The van der Waals surface area contributed by atoms with Crippen LogP contribution in [0.4, 0.5) is 0 Å². The summed E-state index contributed by atoms with van der Waals surface area (Å²) in [5, 5.41) is 8.89. The molecule has 7 heteroatoms. The Bertz CT molecular complexity index is 591. The van der Waals surface area contributed by atoms with Crippen molar-refractivity contribution in [2.75, 3.05) is 0 Å². The van der Waals surface area contributed by atoms with Crippen molar-refractivity contribution >= 4 is 11.2 Å². The standard InChI is InChI=1S/C7H8N4O3/c1-10-5-4(6(13)9-7(10)14)11(3-12)2-8-5/h2,12H,3H2,1H3,(H,9,13,14). The van der Waals surface area contributed by atoms with E-state index in [-0.39, 0.29) is 17.9 Å². The summed E-state index contributed by atoms with van der Waals surface area (Å²) in [6.45, 7) is -0.349. The van der Waals surface area contributed by atoms with Crippen LogP contribution in [0.25, 0.3) is 11.2 Å². The van der Waals surface area contributed by atoms with Crippen molar-refractivity contribution in [1.29, 1.82) is 0 Å². The Morgan fingerprint density at radius 3 is 2.93 bits per heavy atom. The topological polar surface area (TPSA) is 92.9 Å². The molecule has 14 heavy (non-hydrogen) atoms. The number of aryl methyl sites for hydroxylation is 1. The lowest BCUT2D eigenvalue weighted by molar-refractivity contribution is 0.214. The summed E-state index contributed by atoms with van der Waals surface area (Å²) in [5.74, 6) is 0. The minimum Gasteiger partial charge on any atom is -0.376 e. The van der Waals surface area contributed by atoms with Crippen LogP contribution in [-0.2, 0) is 13.8 Å². The first-order valence-corrected chi connectivity index (χ1v) is 3.90. The van der Waals surface area contributed by atoms with E-state index in [0.717, 1.165) is 0 Å². The van der Waals surface area contributed by atoms with Crippen LogP contribution in [-0.4, -0.2) is 24.2 Å². The highest BCUT2D eigenvalue weighted by Gasteiger charge is 2.09. The number of imidazole rings is 1. The maximum Gasteiger partial charge on any atom is 0.329 e. The normalized spacial score (nSPS) is 11.0. The molecule has 2 aromatic rings. The van der Waals surface area contributed by atoms with Gasteiger partial charge in [0.1, 0.15) is 6.73 Å². The van der Waals surface area contributed by atoms with Gasteiger partial charge in [0.05, 0.1) is 6.33 Å². The number of hydrogen-bond donors (Lipinski definition) is 2. The fourth-order valence-electron chi connectivity index (χ4n) is 1.29. The van der Waals surface area contributed by atoms with Gasteiger partial charge in [-0.05, 0) is 0 Å². The molecule has 0 amide bonds. The molecule has 0 spiro atoms. The Hall–Kier alpha value is -1.89. The molecule has 74 valence electrons. The molecule has 2 aromatic heterocycles. The number of rotatable bonds is 1. The van der Waals surface area contributed by atoms with Crippen molar-refractivity contribution in [3.05, 3.63) is 27.2 Å². The Labute approximate surface area is 77.2 Å². The van der Waals surface area contributed by atoms with Crippen molar-refractivity contribution in [2.45, 2.75) is 6.73 Å². The number of fused-ring (bicyclic) bond motifs is 1. The lowest BCUT2D eigenvalue weighted by Gasteiger charge is -1.99. The highest BCUT2D eigenvalue weighted by atomic mass is 16.3. The molecule has 0 aromatic carbocycles. The molecular weight excluding hydrogens is 188 g/mol. The van der Waals surface area contributed by atoms with Crippen LogP contribution < -0.4 is 11.2 Å². The zero-order valence-corrected chi connectivity index (χ0v) is 7.39. The maximum atomic E-state index is 11.4. The van der Waals surface area contributed by atoms with Crippen LogP contribution >= 0.6 is 0 Å². The first-order valence-electron chi connectivity index (χ1n) is 3.90. The Balaban J connectivity index is 3.05. The van der Waals surface area contributed by atoms with Gasteiger partial charge >= 0.3 is 5.69 Å². The third-order valence-electron chi connectivity index (χ3n) is 2.03. The molecule has 0 bridgehead atoms. The molecule has 0 radical (unpaired) electrons. The third-order valence-corrected chi connectivity index (χ3v) is 2.03. The molecule has 0 aliphatic rings. The van der Waals surface area contributed by atoms with Gasteiger partial charge in [0.25, 0.3) is 5.56 Å². The zero-order valence-electron chi connectivity index (χ0n) is 7.39. The van der Waals surface area contributed by atoms with E-state index in [1.54, 1.807) is 0 Å². The third kappa shape index (κ3) is 0.990. The number of aromatic nitrogens is 4. The van der Waals surface area contributed by atoms with Crippen LogP contribution in [0, 0.1) is 0 Å². The summed E-state index contributed by atoms with van der Waals surface area (Å²) in [4.78, 5) is 28.5. The molecule has 0 aliphatic heterocycles. The lowest BCUT2D eigenvalue weighted by Crippen LogP contribution is -2.29. The molecule has 0 saturated carbocycles. The van der Waals surface area contributed by atoms with Gasteiger partial charge in [-0.1, -0.05) is 0 Å². The van der Waals surface area contributed by atoms with E-state index in [1.807, 2.05) is 0 Å². The largest absolute Gasteiger partial charge is 0.376 e. The Morgan fingerprint density at radius 2 is 2.29 bits per heavy atom. The van der Waals surface area contributed by atoms with E-state index in [4.69, 9.17) is 5.11 Å². The molecule has 0 unspecified atom stereocenters. The SMILES string of the molecule is Cn1c(=O)[nH]c(=O)c2c1ncn2CO. The Morgan fingerprint density at radius 1 is 1.57 bits per heavy atom. The highest BCUT2D eigenvalue weighted by Crippen LogP contribution is 2.02. The van der Waals surface area contributed by atoms with E-state index in [2.05, 4.69) is 9.97 Å². The predicted molar refractivity (Wildman–Crippen MR) is 47.8 cm³/mol. The molecule has 0 atom stereocenters. The van der Waals surface area contributed by atoms with Crippen molar-refractivity contribution in [1.82, 2.24) is 19.1 Å². The van der Waals surface area contributed by atoms with E-state index in [1.165, 1.54) is 22.5 Å². The van der Waals surface area contributed by atoms with Gasteiger partial charge in [-0.2, -0.15) is 0 Å². The molecule has 2 rings (SSSR count). The lowest BCUT2D eigenvalue weighted by atomic mass is 10.5.